The summed E-state index contributed by atoms with van der Waals surface area (Å²) in [5.74, 6) is 2.56. The highest BCUT2D eigenvalue weighted by molar-refractivity contribution is 5.69. The summed E-state index contributed by atoms with van der Waals surface area (Å²) in [5, 5.41) is 0. The van der Waals surface area contributed by atoms with Crippen molar-refractivity contribution >= 4 is 11.9 Å². The molecule has 0 bridgehead atoms. The molecular formula is C36H60N2O4. The van der Waals surface area contributed by atoms with Crippen molar-refractivity contribution in [1.82, 2.24) is 9.80 Å². The van der Waals surface area contributed by atoms with Gasteiger partial charge in [0.15, 0.2) is 0 Å². The zero-order valence-electron chi connectivity index (χ0n) is 27.3. The normalized spacial score (nSPS) is 44.8. The molecule has 0 N–H and O–H groups in total. The van der Waals surface area contributed by atoms with Gasteiger partial charge in [0.1, 0.15) is 12.2 Å². The summed E-state index contributed by atoms with van der Waals surface area (Å²) in [6.07, 6.45) is 18.9. The number of hydrogen-bond donors (Lipinski definition) is 0. The summed E-state index contributed by atoms with van der Waals surface area (Å²) < 4.78 is 12.6. The average Bonchev–Trinajstić information content (AvgIpc) is 3.11. The van der Waals surface area contributed by atoms with Gasteiger partial charge in [0, 0.05) is 24.8 Å². The van der Waals surface area contributed by atoms with Gasteiger partial charge in [0.25, 0.3) is 0 Å². The molecule has 0 spiro atoms. The maximum atomic E-state index is 12.6. The Morgan fingerprint density at radius 1 is 0.786 bits per heavy atom. The maximum absolute atomic E-state index is 12.6. The predicted molar refractivity (Wildman–Crippen MR) is 166 cm³/mol. The van der Waals surface area contributed by atoms with E-state index in [2.05, 4.69) is 30.6 Å². The fourth-order valence-electron chi connectivity index (χ4n) is 11.8. The van der Waals surface area contributed by atoms with Crippen molar-refractivity contribution in [1.29, 1.82) is 0 Å². The van der Waals surface area contributed by atoms with Gasteiger partial charge in [-0.05, 0) is 132 Å². The molecule has 0 amide bonds. The molecule has 6 aliphatic rings. The molecule has 6 nitrogen and oxygen atoms in total. The first kappa shape index (κ1) is 30.9. The van der Waals surface area contributed by atoms with Gasteiger partial charge in [-0.15, -0.1) is 0 Å². The maximum Gasteiger partial charge on any atom is 0.306 e. The molecule has 6 rings (SSSR count). The molecule has 5 unspecified atom stereocenters. The van der Waals surface area contributed by atoms with Crippen molar-refractivity contribution in [2.75, 3.05) is 26.2 Å². The Hall–Kier alpha value is -1.14. The van der Waals surface area contributed by atoms with Crippen molar-refractivity contribution in [2.45, 2.75) is 155 Å². The van der Waals surface area contributed by atoms with E-state index in [4.69, 9.17) is 9.47 Å². The standard InChI is InChI=1S/C36H60N2O4/c1-5-13-32(40)42-31-17-16-28-27-15-14-26-24-30(41-25(2)39)33(37-20-11-8-12-21-37)34(38-22-9-6-7-10-23-38)36(26,4)29(27)18-19-35(28,31)3/h26-31,33-34H,5-24H2,1-4H3/t26?,27-,28-,29-,30?,31?,33?,34?,35-,36-/m0/s1. The second kappa shape index (κ2) is 12.7. The van der Waals surface area contributed by atoms with Gasteiger partial charge in [0.05, 0.1) is 6.04 Å². The second-order valence-electron chi connectivity index (χ2n) is 15.7. The predicted octanol–water partition coefficient (Wildman–Crippen LogP) is 6.99. The lowest BCUT2D eigenvalue weighted by atomic mass is 9.43. The summed E-state index contributed by atoms with van der Waals surface area (Å²) in [7, 11) is 0. The molecule has 0 radical (unpaired) electrons. The number of ether oxygens (including phenoxy) is 2. The van der Waals surface area contributed by atoms with Gasteiger partial charge in [-0.1, -0.05) is 40.0 Å². The lowest BCUT2D eigenvalue weighted by Gasteiger charge is -2.67. The minimum Gasteiger partial charge on any atom is -0.462 e. The quantitative estimate of drug-likeness (QED) is 0.314. The summed E-state index contributed by atoms with van der Waals surface area (Å²) in [4.78, 5) is 30.9. The van der Waals surface area contributed by atoms with Crippen molar-refractivity contribution < 1.29 is 19.1 Å². The third-order valence-electron chi connectivity index (χ3n) is 13.6. The van der Waals surface area contributed by atoms with Crippen LogP contribution in [-0.4, -0.2) is 72.2 Å². The third kappa shape index (κ3) is 5.48. The first-order valence-electron chi connectivity index (χ1n) is 18.1. The third-order valence-corrected chi connectivity index (χ3v) is 13.6. The van der Waals surface area contributed by atoms with Crippen LogP contribution in [0.2, 0.25) is 0 Å². The molecule has 10 atom stereocenters. The number of hydrogen-bond acceptors (Lipinski definition) is 6. The largest absolute Gasteiger partial charge is 0.462 e. The Bertz CT molecular complexity index is 958. The highest BCUT2D eigenvalue weighted by Crippen LogP contribution is 2.67. The summed E-state index contributed by atoms with van der Waals surface area (Å²) in [6, 6.07) is 0.737. The van der Waals surface area contributed by atoms with E-state index in [1.807, 2.05) is 0 Å². The molecule has 0 aromatic rings. The second-order valence-corrected chi connectivity index (χ2v) is 15.7. The van der Waals surface area contributed by atoms with Gasteiger partial charge in [-0.25, -0.2) is 0 Å². The van der Waals surface area contributed by atoms with E-state index >= 15 is 0 Å². The highest BCUT2D eigenvalue weighted by atomic mass is 16.5. The Balaban J connectivity index is 1.35. The van der Waals surface area contributed by atoms with E-state index < -0.39 is 0 Å². The number of esters is 2. The monoisotopic (exact) mass is 584 g/mol. The molecule has 2 aliphatic heterocycles. The van der Waals surface area contributed by atoms with Gasteiger partial charge < -0.3 is 9.47 Å². The van der Waals surface area contributed by atoms with E-state index in [0.717, 1.165) is 32.4 Å². The number of carbonyl (C=O) groups excluding carboxylic acids is 2. The van der Waals surface area contributed by atoms with Crippen LogP contribution in [0.1, 0.15) is 130 Å². The SMILES string of the molecule is CCCC(=O)OC1CC[C@H]2[C@@H]3CCC4CC(OC(C)=O)C(N5CCCCC5)C(N5CCCCCC5)[C@]4(C)[C@H]3CC[C@]12C. The van der Waals surface area contributed by atoms with Crippen LogP contribution in [0.4, 0.5) is 0 Å². The molecule has 6 heteroatoms. The van der Waals surface area contributed by atoms with Gasteiger partial charge in [-0.2, -0.15) is 0 Å². The minimum absolute atomic E-state index is 0.00572. The molecule has 4 aliphatic carbocycles. The first-order chi connectivity index (χ1) is 20.3. The van der Waals surface area contributed by atoms with Gasteiger partial charge in [0.2, 0.25) is 0 Å². The van der Waals surface area contributed by atoms with Crippen LogP contribution in [0, 0.1) is 34.5 Å². The molecule has 2 heterocycles. The fraction of sp³-hybridized carbons (Fsp3) is 0.944. The van der Waals surface area contributed by atoms with Crippen LogP contribution in [0.5, 0.6) is 0 Å². The Kier molecular flexibility index (Phi) is 9.33. The van der Waals surface area contributed by atoms with Crippen molar-refractivity contribution in [3.05, 3.63) is 0 Å². The number of carbonyl (C=O) groups is 2. The molecule has 4 saturated carbocycles. The fourth-order valence-corrected chi connectivity index (χ4v) is 11.8. The molecule has 238 valence electrons. The zero-order chi connectivity index (χ0) is 29.5. The van der Waals surface area contributed by atoms with Gasteiger partial charge >= 0.3 is 11.9 Å². The summed E-state index contributed by atoms with van der Waals surface area (Å²) >= 11 is 0. The van der Waals surface area contributed by atoms with Crippen LogP contribution in [0.25, 0.3) is 0 Å². The van der Waals surface area contributed by atoms with Crippen molar-refractivity contribution in [3.63, 3.8) is 0 Å². The molecular weight excluding hydrogens is 524 g/mol. The Morgan fingerprint density at radius 2 is 1.45 bits per heavy atom. The molecule has 0 aromatic heterocycles. The van der Waals surface area contributed by atoms with Crippen LogP contribution >= 0.6 is 0 Å². The van der Waals surface area contributed by atoms with E-state index in [1.54, 1.807) is 6.92 Å². The van der Waals surface area contributed by atoms with E-state index in [1.165, 1.54) is 90.1 Å². The lowest BCUT2D eigenvalue weighted by Crippen LogP contribution is -2.72. The highest BCUT2D eigenvalue weighted by Gasteiger charge is 2.66. The smallest absolute Gasteiger partial charge is 0.306 e. The van der Waals surface area contributed by atoms with Crippen LogP contribution in [0.15, 0.2) is 0 Å². The van der Waals surface area contributed by atoms with E-state index in [0.29, 0.717) is 42.2 Å². The number of nitrogens with zero attached hydrogens (tertiary/aromatic N) is 2. The van der Waals surface area contributed by atoms with E-state index in [-0.39, 0.29) is 35.0 Å². The van der Waals surface area contributed by atoms with Crippen LogP contribution in [0.3, 0.4) is 0 Å². The summed E-state index contributed by atoms with van der Waals surface area (Å²) in [6.45, 7) is 13.6. The summed E-state index contributed by atoms with van der Waals surface area (Å²) in [5.41, 5.74) is 0.331. The van der Waals surface area contributed by atoms with Crippen molar-refractivity contribution in [3.8, 4) is 0 Å². The lowest BCUT2D eigenvalue weighted by molar-refractivity contribution is -0.206. The Morgan fingerprint density at radius 3 is 2.12 bits per heavy atom. The van der Waals surface area contributed by atoms with Crippen LogP contribution < -0.4 is 0 Å². The first-order valence-corrected chi connectivity index (χ1v) is 18.1. The molecule has 42 heavy (non-hydrogen) atoms. The zero-order valence-corrected chi connectivity index (χ0v) is 27.3. The number of likely N-dealkylation sites (tertiary alicyclic amines) is 2. The van der Waals surface area contributed by atoms with E-state index in [9.17, 15) is 9.59 Å². The minimum atomic E-state index is -0.100. The van der Waals surface area contributed by atoms with Crippen LogP contribution in [-0.2, 0) is 19.1 Å². The van der Waals surface area contributed by atoms with Gasteiger partial charge in [-0.3, -0.25) is 19.4 Å². The number of rotatable bonds is 6. The topological polar surface area (TPSA) is 59.1 Å². The molecule has 2 saturated heterocycles. The molecule has 0 aromatic carbocycles. The number of piperidine rings is 1. The molecule has 6 fully saturated rings. The van der Waals surface area contributed by atoms with Crippen molar-refractivity contribution in [2.24, 2.45) is 34.5 Å². The average molecular weight is 585 g/mol. The Labute approximate surface area is 256 Å². The number of fused-ring (bicyclic) bond motifs is 5.